The number of aryl methyl sites for hydroxylation is 1. The lowest BCUT2D eigenvalue weighted by Crippen LogP contribution is -2.35. The van der Waals surface area contributed by atoms with Crippen molar-refractivity contribution in [3.05, 3.63) is 71.0 Å². The summed E-state index contributed by atoms with van der Waals surface area (Å²) in [6.45, 7) is 0.430. The number of hydrazone groups is 1. The second kappa shape index (κ2) is 6.71. The third-order valence-corrected chi connectivity index (χ3v) is 5.00. The monoisotopic (exact) mass is 351 g/mol. The number of rotatable bonds is 3. The second-order valence-corrected chi connectivity index (χ2v) is 6.58. The van der Waals surface area contributed by atoms with Crippen LogP contribution < -0.4 is 10.7 Å². The number of hydrogen-bond donors (Lipinski definition) is 2. The summed E-state index contributed by atoms with van der Waals surface area (Å²) in [6.07, 6.45) is 1.33. The van der Waals surface area contributed by atoms with Crippen LogP contribution in [0.15, 0.2) is 53.6 Å². The molecule has 1 heterocycles. The minimum Gasteiger partial charge on any atom is -0.355 e. The number of halogens is 1. The Morgan fingerprint density at radius 3 is 2.77 bits per heavy atom. The molecule has 2 aliphatic rings. The molecule has 0 bridgehead atoms. The van der Waals surface area contributed by atoms with Crippen molar-refractivity contribution in [3.63, 3.8) is 0 Å². The molecule has 6 heteroatoms. The quantitative estimate of drug-likeness (QED) is 0.657. The summed E-state index contributed by atoms with van der Waals surface area (Å²) in [5.41, 5.74) is 5.94. The fourth-order valence-corrected chi connectivity index (χ4v) is 3.68. The SMILES string of the molecule is O=C1NCC(c2ccccc2)C1C(=O)N/N=C1\CCc2cc(F)ccc21. The topological polar surface area (TPSA) is 70.6 Å². The van der Waals surface area contributed by atoms with E-state index < -0.39 is 11.8 Å². The van der Waals surface area contributed by atoms with E-state index in [1.54, 1.807) is 6.07 Å². The Labute approximate surface area is 150 Å². The van der Waals surface area contributed by atoms with Gasteiger partial charge in [-0.25, -0.2) is 9.82 Å². The van der Waals surface area contributed by atoms with Crippen LogP contribution in [0.5, 0.6) is 0 Å². The lowest BCUT2D eigenvalue weighted by molar-refractivity contribution is -0.133. The fourth-order valence-electron chi connectivity index (χ4n) is 3.68. The van der Waals surface area contributed by atoms with Crippen LogP contribution in [0, 0.1) is 11.7 Å². The highest BCUT2D eigenvalue weighted by atomic mass is 19.1. The first kappa shape index (κ1) is 16.4. The van der Waals surface area contributed by atoms with Crippen molar-refractivity contribution in [2.75, 3.05) is 6.54 Å². The maximum absolute atomic E-state index is 13.3. The van der Waals surface area contributed by atoms with Gasteiger partial charge in [0.25, 0.3) is 5.91 Å². The average molecular weight is 351 g/mol. The third-order valence-electron chi connectivity index (χ3n) is 5.00. The molecule has 0 spiro atoms. The van der Waals surface area contributed by atoms with Crippen molar-refractivity contribution >= 4 is 17.5 Å². The summed E-state index contributed by atoms with van der Waals surface area (Å²) in [4.78, 5) is 24.8. The summed E-state index contributed by atoms with van der Waals surface area (Å²) in [6, 6.07) is 14.1. The van der Waals surface area contributed by atoms with Crippen molar-refractivity contribution in [1.82, 2.24) is 10.7 Å². The number of nitrogens with zero attached hydrogens (tertiary/aromatic N) is 1. The molecule has 2 aromatic carbocycles. The largest absolute Gasteiger partial charge is 0.355 e. The molecule has 4 rings (SSSR count). The highest BCUT2D eigenvalue weighted by Crippen LogP contribution is 2.29. The Morgan fingerprint density at radius 2 is 1.96 bits per heavy atom. The molecule has 2 unspecified atom stereocenters. The third kappa shape index (κ3) is 2.98. The highest BCUT2D eigenvalue weighted by Gasteiger charge is 2.41. The number of benzene rings is 2. The van der Waals surface area contributed by atoms with E-state index in [1.165, 1.54) is 12.1 Å². The predicted octanol–water partition coefficient (Wildman–Crippen LogP) is 2.12. The molecule has 1 fully saturated rings. The van der Waals surface area contributed by atoms with Gasteiger partial charge in [0.15, 0.2) is 0 Å². The van der Waals surface area contributed by atoms with Gasteiger partial charge in [0, 0.05) is 18.0 Å². The number of nitrogens with one attached hydrogen (secondary N) is 2. The van der Waals surface area contributed by atoms with Crippen LogP contribution in [-0.4, -0.2) is 24.1 Å². The van der Waals surface area contributed by atoms with Crippen LogP contribution in [-0.2, 0) is 16.0 Å². The zero-order valence-corrected chi connectivity index (χ0v) is 14.0. The average Bonchev–Trinajstić information content (AvgIpc) is 3.23. The van der Waals surface area contributed by atoms with Gasteiger partial charge in [-0.3, -0.25) is 9.59 Å². The Bertz CT molecular complexity index is 895. The zero-order valence-electron chi connectivity index (χ0n) is 14.0. The van der Waals surface area contributed by atoms with E-state index in [4.69, 9.17) is 0 Å². The van der Waals surface area contributed by atoms with E-state index in [0.717, 1.165) is 16.7 Å². The molecule has 2 aromatic rings. The van der Waals surface area contributed by atoms with E-state index in [9.17, 15) is 14.0 Å². The molecule has 5 nitrogen and oxygen atoms in total. The van der Waals surface area contributed by atoms with Gasteiger partial charge in [-0.1, -0.05) is 30.3 Å². The summed E-state index contributed by atoms with van der Waals surface area (Å²) in [5, 5.41) is 6.97. The molecule has 132 valence electrons. The van der Waals surface area contributed by atoms with Gasteiger partial charge >= 0.3 is 0 Å². The molecule has 1 aliphatic heterocycles. The number of fused-ring (bicyclic) bond motifs is 1. The van der Waals surface area contributed by atoms with Gasteiger partial charge in [-0.2, -0.15) is 5.10 Å². The van der Waals surface area contributed by atoms with E-state index >= 15 is 0 Å². The molecule has 0 saturated carbocycles. The molecule has 1 aliphatic carbocycles. The number of amides is 2. The summed E-state index contributed by atoms with van der Waals surface area (Å²) in [7, 11) is 0. The maximum Gasteiger partial charge on any atom is 0.253 e. The molecule has 2 amide bonds. The molecule has 1 saturated heterocycles. The van der Waals surface area contributed by atoms with Crippen molar-refractivity contribution in [2.45, 2.75) is 18.8 Å². The number of carbonyl (C=O) groups is 2. The summed E-state index contributed by atoms with van der Waals surface area (Å²) >= 11 is 0. The first-order chi connectivity index (χ1) is 12.6. The molecule has 26 heavy (non-hydrogen) atoms. The van der Waals surface area contributed by atoms with Gasteiger partial charge in [-0.15, -0.1) is 0 Å². The van der Waals surface area contributed by atoms with Crippen LogP contribution in [0.2, 0.25) is 0 Å². The Morgan fingerprint density at radius 1 is 1.15 bits per heavy atom. The molecule has 0 radical (unpaired) electrons. The minimum atomic E-state index is -0.809. The first-order valence-electron chi connectivity index (χ1n) is 8.61. The van der Waals surface area contributed by atoms with Gasteiger partial charge in [-0.05, 0) is 42.2 Å². The molecular weight excluding hydrogens is 333 g/mol. The van der Waals surface area contributed by atoms with Crippen LogP contribution in [0.25, 0.3) is 0 Å². The van der Waals surface area contributed by atoms with Crippen LogP contribution in [0.4, 0.5) is 4.39 Å². The van der Waals surface area contributed by atoms with Gasteiger partial charge in [0.1, 0.15) is 11.7 Å². The zero-order chi connectivity index (χ0) is 18.1. The lowest BCUT2D eigenvalue weighted by atomic mass is 9.88. The van der Waals surface area contributed by atoms with Gasteiger partial charge < -0.3 is 5.32 Å². The number of hydrogen-bond acceptors (Lipinski definition) is 3. The maximum atomic E-state index is 13.3. The Hall–Kier alpha value is -3.02. The van der Waals surface area contributed by atoms with E-state index in [-0.39, 0.29) is 17.6 Å². The van der Waals surface area contributed by atoms with Gasteiger partial charge in [0.2, 0.25) is 5.91 Å². The number of carbonyl (C=O) groups excluding carboxylic acids is 2. The van der Waals surface area contributed by atoms with Crippen molar-refractivity contribution in [2.24, 2.45) is 11.0 Å². The van der Waals surface area contributed by atoms with Gasteiger partial charge in [0.05, 0.1) is 5.71 Å². The van der Waals surface area contributed by atoms with Crippen molar-refractivity contribution in [1.29, 1.82) is 0 Å². The lowest BCUT2D eigenvalue weighted by Gasteiger charge is -2.15. The second-order valence-electron chi connectivity index (χ2n) is 6.58. The van der Waals surface area contributed by atoms with Crippen molar-refractivity contribution in [3.8, 4) is 0 Å². The Balaban J connectivity index is 1.52. The molecule has 0 aromatic heterocycles. The fraction of sp³-hybridized carbons (Fsp3) is 0.250. The molecule has 2 atom stereocenters. The van der Waals surface area contributed by atoms with Crippen LogP contribution in [0.1, 0.15) is 29.0 Å². The normalized spacial score (nSPS) is 23.0. The van der Waals surface area contributed by atoms with Crippen LogP contribution >= 0.6 is 0 Å². The Kier molecular flexibility index (Phi) is 4.24. The van der Waals surface area contributed by atoms with Crippen molar-refractivity contribution < 1.29 is 14.0 Å². The highest BCUT2D eigenvalue weighted by molar-refractivity contribution is 6.06. The summed E-state index contributed by atoms with van der Waals surface area (Å²) in [5.74, 6) is -2.01. The first-order valence-corrected chi connectivity index (χ1v) is 8.61. The van der Waals surface area contributed by atoms with Crippen LogP contribution in [0.3, 0.4) is 0 Å². The minimum absolute atomic E-state index is 0.214. The smallest absolute Gasteiger partial charge is 0.253 e. The molecule has 2 N–H and O–H groups in total. The van der Waals surface area contributed by atoms with E-state index in [2.05, 4.69) is 15.8 Å². The molecular formula is C20H18FN3O2. The standard InChI is InChI=1S/C20H18FN3O2/c21-14-7-8-15-13(10-14)6-9-17(15)23-24-20(26)18-16(11-22-19(18)25)12-4-2-1-3-5-12/h1-5,7-8,10,16,18H,6,9,11H2,(H,22,25)(H,24,26)/b23-17+. The van der Waals surface area contributed by atoms with E-state index in [0.29, 0.717) is 25.1 Å². The van der Waals surface area contributed by atoms with E-state index in [1.807, 2.05) is 30.3 Å². The summed E-state index contributed by atoms with van der Waals surface area (Å²) < 4.78 is 13.3. The predicted molar refractivity (Wildman–Crippen MR) is 95.1 cm³/mol.